The van der Waals surface area contributed by atoms with Crippen LogP contribution in [0.4, 0.5) is 0 Å². The van der Waals surface area contributed by atoms with Crippen LogP contribution in [0.2, 0.25) is 0 Å². The molecule has 2 amide bonds. The Labute approximate surface area is 129 Å². The standard InChI is InChI=1S/C16H20N2O4/c19-14-9-8-13(16(21)18-14)17-10-4-7-15(20)22-11-12-5-2-1-3-6-12/h1-3,5-6,13,17H,4,7-11H2,(H,18,19,21). The third-order valence-electron chi connectivity index (χ3n) is 3.43. The molecule has 2 rings (SSSR count). The van der Waals surface area contributed by atoms with E-state index in [0.29, 0.717) is 32.2 Å². The molecule has 0 bridgehead atoms. The van der Waals surface area contributed by atoms with Crippen LogP contribution in [0.3, 0.4) is 0 Å². The molecule has 0 saturated carbocycles. The van der Waals surface area contributed by atoms with Gasteiger partial charge in [-0.15, -0.1) is 0 Å². The van der Waals surface area contributed by atoms with Gasteiger partial charge in [-0.25, -0.2) is 0 Å². The van der Waals surface area contributed by atoms with E-state index in [-0.39, 0.29) is 30.4 Å². The summed E-state index contributed by atoms with van der Waals surface area (Å²) in [5.41, 5.74) is 0.956. The molecule has 0 aliphatic carbocycles. The molecule has 118 valence electrons. The molecule has 1 aliphatic rings. The topological polar surface area (TPSA) is 84.5 Å². The Balaban J connectivity index is 1.57. The molecule has 1 fully saturated rings. The molecule has 2 N–H and O–H groups in total. The number of piperidine rings is 1. The van der Waals surface area contributed by atoms with E-state index in [1.54, 1.807) is 0 Å². The van der Waals surface area contributed by atoms with E-state index in [1.807, 2.05) is 30.3 Å². The summed E-state index contributed by atoms with van der Waals surface area (Å²) in [5, 5.41) is 5.33. The number of nitrogens with one attached hydrogen (secondary N) is 2. The van der Waals surface area contributed by atoms with Crippen molar-refractivity contribution < 1.29 is 19.1 Å². The highest BCUT2D eigenvalue weighted by atomic mass is 16.5. The Bertz CT molecular complexity index is 530. The number of esters is 1. The van der Waals surface area contributed by atoms with Crippen LogP contribution in [-0.4, -0.2) is 30.4 Å². The van der Waals surface area contributed by atoms with Crippen LogP contribution < -0.4 is 10.6 Å². The molecule has 0 aromatic heterocycles. The summed E-state index contributed by atoms with van der Waals surface area (Å²) >= 11 is 0. The van der Waals surface area contributed by atoms with E-state index in [2.05, 4.69) is 10.6 Å². The van der Waals surface area contributed by atoms with Crippen molar-refractivity contribution >= 4 is 17.8 Å². The number of ether oxygens (including phenoxy) is 1. The molecule has 1 heterocycles. The van der Waals surface area contributed by atoms with E-state index in [1.165, 1.54) is 0 Å². The highest BCUT2D eigenvalue weighted by Crippen LogP contribution is 2.05. The van der Waals surface area contributed by atoms with E-state index in [4.69, 9.17) is 4.74 Å². The predicted octanol–water partition coefficient (Wildman–Crippen LogP) is 0.905. The molecule has 0 radical (unpaired) electrons. The van der Waals surface area contributed by atoms with Crippen molar-refractivity contribution in [2.24, 2.45) is 0 Å². The van der Waals surface area contributed by atoms with Crippen LogP contribution in [0.1, 0.15) is 31.2 Å². The van der Waals surface area contributed by atoms with Gasteiger partial charge in [-0.05, 0) is 24.9 Å². The van der Waals surface area contributed by atoms with Crippen LogP contribution in [-0.2, 0) is 25.7 Å². The van der Waals surface area contributed by atoms with Crippen LogP contribution in [0.5, 0.6) is 0 Å². The van der Waals surface area contributed by atoms with Gasteiger partial charge in [-0.2, -0.15) is 0 Å². The average Bonchev–Trinajstić information content (AvgIpc) is 2.52. The summed E-state index contributed by atoms with van der Waals surface area (Å²) in [6, 6.07) is 9.15. The minimum Gasteiger partial charge on any atom is -0.461 e. The summed E-state index contributed by atoms with van der Waals surface area (Å²) < 4.78 is 5.16. The van der Waals surface area contributed by atoms with Crippen molar-refractivity contribution in [2.75, 3.05) is 6.54 Å². The summed E-state index contributed by atoms with van der Waals surface area (Å²) in [4.78, 5) is 34.1. The second-order valence-electron chi connectivity index (χ2n) is 5.21. The highest BCUT2D eigenvalue weighted by Gasteiger charge is 2.25. The zero-order valence-corrected chi connectivity index (χ0v) is 12.3. The molecule has 0 spiro atoms. The molecule has 22 heavy (non-hydrogen) atoms. The van der Waals surface area contributed by atoms with Gasteiger partial charge in [0.05, 0.1) is 6.04 Å². The SMILES string of the molecule is O=C1CCC(NCCCC(=O)OCc2ccccc2)C(=O)N1. The third-order valence-corrected chi connectivity index (χ3v) is 3.43. The Kier molecular flexibility index (Phi) is 6.09. The molecular formula is C16H20N2O4. The summed E-state index contributed by atoms with van der Waals surface area (Å²) in [6.45, 7) is 0.812. The molecule has 1 atom stereocenters. The fourth-order valence-electron chi connectivity index (χ4n) is 2.21. The number of benzene rings is 1. The van der Waals surface area contributed by atoms with E-state index < -0.39 is 0 Å². The van der Waals surface area contributed by atoms with Gasteiger partial charge in [0.1, 0.15) is 6.61 Å². The molecule has 6 nitrogen and oxygen atoms in total. The lowest BCUT2D eigenvalue weighted by atomic mass is 10.1. The lowest BCUT2D eigenvalue weighted by molar-refractivity contribution is -0.145. The zero-order chi connectivity index (χ0) is 15.8. The van der Waals surface area contributed by atoms with Crippen molar-refractivity contribution in [1.29, 1.82) is 0 Å². The predicted molar refractivity (Wildman–Crippen MR) is 79.6 cm³/mol. The maximum atomic E-state index is 11.6. The monoisotopic (exact) mass is 304 g/mol. The molecular weight excluding hydrogens is 284 g/mol. The van der Waals surface area contributed by atoms with E-state index in [0.717, 1.165) is 5.56 Å². The lowest BCUT2D eigenvalue weighted by Gasteiger charge is -2.21. The summed E-state index contributed by atoms with van der Waals surface area (Å²) in [5.74, 6) is -0.774. The maximum absolute atomic E-state index is 11.6. The van der Waals surface area contributed by atoms with Gasteiger partial charge in [0.15, 0.2) is 0 Å². The zero-order valence-electron chi connectivity index (χ0n) is 12.3. The van der Waals surface area contributed by atoms with Crippen LogP contribution >= 0.6 is 0 Å². The maximum Gasteiger partial charge on any atom is 0.306 e. The smallest absolute Gasteiger partial charge is 0.306 e. The molecule has 1 aliphatic heterocycles. The molecule has 1 aromatic carbocycles. The summed E-state index contributed by atoms with van der Waals surface area (Å²) in [7, 11) is 0. The number of carbonyl (C=O) groups is 3. The first-order chi connectivity index (χ1) is 10.6. The first kappa shape index (κ1) is 16.2. The van der Waals surface area contributed by atoms with Gasteiger partial charge in [0.2, 0.25) is 11.8 Å². The fourth-order valence-corrected chi connectivity index (χ4v) is 2.21. The van der Waals surface area contributed by atoms with E-state index in [9.17, 15) is 14.4 Å². The van der Waals surface area contributed by atoms with Gasteiger partial charge in [0.25, 0.3) is 0 Å². The fraction of sp³-hybridized carbons (Fsp3) is 0.438. The largest absolute Gasteiger partial charge is 0.461 e. The lowest BCUT2D eigenvalue weighted by Crippen LogP contribution is -2.50. The Morgan fingerprint density at radius 2 is 2.05 bits per heavy atom. The number of imide groups is 1. The van der Waals surface area contributed by atoms with Crippen molar-refractivity contribution in [2.45, 2.75) is 38.3 Å². The molecule has 1 unspecified atom stereocenters. The molecule has 1 saturated heterocycles. The molecule has 1 aromatic rings. The van der Waals surface area contributed by atoms with Gasteiger partial charge >= 0.3 is 5.97 Å². The van der Waals surface area contributed by atoms with Gasteiger partial charge in [-0.3, -0.25) is 19.7 Å². The van der Waals surface area contributed by atoms with Gasteiger partial charge in [0, 0.05) is 12.8 Å². The first-order valence-electron chi connectivity index (χ1n) is 7.42. The van der Waals surface area contributed by atoms with E-state index >= 15 is 0 Å². The van der Waals surface area contributed by atoms with Crippen LogP contribution in [0, 0.1) is 0 Å². The quantitative estimate of drug-likeness (QED) is 0.444. The molecule has 6 heteroatoms. The Morgan fingerprint density at radius 1 is 1.27 bits per heavy atom. The number of hydrogen-bond acceptors (Lipinski definition) is 5. The first-order valence-corrected chi connectivity index (χ1v) is 7.42. The van der Waals surface area contributed by atoms with Gasteiger partial charge < -0.3 is 10.1 Å². The Hall–Kier alpha value is -2.21. The third kappa shape index (κ3) is 5.29. The number of hydrogen-bond donors (Lipinski definition) is 2. The second kappa shape index (κ2) is 8.29. The van der Waals surface area contributed by atoms with Crippen molar-refractivity contribution in [3.8, 4) is 0 Å². The minimum atomic E-state index is -0.349. The second-order valence-corrected chi connectivity index (χ2v) is 5.21. The number of rotatable bonds is 7. The van der Waals surface area contributed by atoms with Crippen molar-refractivity contribution in [1.82, 2.24) is 10.6 Å². The summed E-state index contributed by atoms with van der Waals surface area (Å²) in [6.07, 6.45) is 1.74. The minimum absolute atomic E-state index is 0.229. The normalized spacial score (nSPS) is 17.9. The van der Waals surface area contributed by atoms with Crippen molar-refractivity contribution in [3.63, 3.8) is 0 Å². The van der Waals surface area contributed by atoms with Crippen LogP contribution in [0.15, 0.2) is 30.3 Å². The average molecular weight is 304 g/mol. The van der Waals surface area contributed by atoms with Gasteiger partial charge in [-0.1, -0.05) is 30.3 Å². The number of amides is 2. The highest BCUT2D eigenvalue weighted by molar-refractivity contribution is 6.00. The van der Waals surface area contributed by atoms with Crippen molar-refractivity contribution in [3.05, 3.63) is 35.9 Å². The van der Waals surface area contributed by atoms with Crippen LogP contribution in [0.25, 0.3) is 0 Å². The number of carbonyl (C=O) groups excluding carboxylic acids is 3. The Morgan fingerprint density at radius 3 is 2.77 bits per heavy atom.